The second-order valence-electron chi connectivity index (χ2n) is 7.02. The van der Waals surface area contributed by atoms with Crippen LogP contribution in [0.1, 0.15) is 23.7 Å². The van der Waals surface area contributed by atoms with Crippen molar-refractivity contribution in [2.24, 2.45) is 0 Å². The van der Waals surface area contributed by atoms with Gasteiger partial charge in [-0.1, -0.05) is 24.3 Å². The minimum absolute atomic E-state index is 0.203. The SMILES string of the molecule is OC[C@@H]1C[C@H](O)[C@H](O)C(c2cccc(OCc3ccc(-n4cncn4)cc3)c2)O1. The number of nitrogens with zero attached hydrogens (tertiary/aromatic N) is 3. The Morgan fingerprint density at radius 1 is 1.14 bits per heavy atom. The molecule has 0 spiro atoms. The van der Waals surface area contributed by atoms with Gasteiger partial charge in [-0.3, -0.25) is 0 Å². The van der Waals surface area contributed by atoms with E-state index < -0.39 is 24.4 Å². The van der Waals surface area contributed by atoms with E-state index in [0.717, 1.165) is 11.3 Å². The zero-order valence-corrected chi connectivity index (χ0v) is 15.7. The van der Waals surface area contributed by atoms with Crippen molar-refractivity contribution < 1.29 is 24.8 Å². The fourth-order valence-electron chi connectivity index (χ4n) is 3.38. The van der Waals surface area contributed by atoms with Crippen molar-refractivity contribution in [1.29, 1.82) is 0 Å². The molecule has 1 fully saturated rings. The van der Waals surface area contributed by atoms with E-state index in [1.54, 1.807) is 23.1 Å². The van der Waals surface area contributed by atoms with E-state index in [1.165, 1.54) is 6.33 Å². The summed E-state index contributed by atoms with van der Waals surface area (Å²) in [6.07, 6.45) is 0.0920. The van der Waals surface area contributed by atoms with Crippen molar-refractivity contribution in [3.8, 4) is 11.4 Å². The van der Waals surface area contributed by atoms with Crippen LogP contribution in [0.3, 0.4) is 0 Å². The maximum Gasteiger partial charge on any atom is 0.138 e. The lowest BCUT2D eigenvalue weighted by molar-refractivity contribution is -0.179. The molecule has 1 aromatic heterocycles. The van der Waals surface area contributed by atoms with Gasteiger partial charge >= 0.3 is 0 Å². The maximum atomic E-state index is 10.3. The highest BCUT2D eigenvalue weighted by molar-refractivity contribution is 5.34. The highest BCUT2D eigenvalue weighted by Gasteiger charge is 2.37. The molecule has 152 valence electrons. The molecular weight excluding hydrogens is 374 g/mol. The van der Waals surface area contributed by atoms with Crippen LogP contribution in [0.2, 0.25) is 0 Å². The molecule has 1 aliphatic heterocycles. The Bertz CT molecular complexity index is 916. The molecule has 8 heteroatoms. The van der Waals surface area contributed by atoms with Gasteiger partial charge in [0.2, 0.25) is 0 Å². The summed E-state index contributed by atoms with van der Waals surface area (Å²) in [7, 11) is 0. The minimum atomic E-state index is -1.06. The molecule has 0 aliphatic carbocycles. The van der Waals surface area contributed by atoms with E-state index in [2.05, 4.69) is 10.1 Å². The molecule has 8 nitrogen and oxygen atoms in total. The summed E-state index contributed by atoms with van der Waals surface area (Å²) in [6.45, 7) is 0.165. The van der Waals surface area contributed by atoms with E-state index in [1.807, 2.05) is 36.4 Å². The number of hydrogen-bond donors (Lipinski definition) is 3. The van der Waals surface area contributed by atoms with Crippen molar-refractivity contribution in [2.45, 2.75) is 37.4 Å². The Balaban J connectivity index is 1.42. The second kappa shape index (κ2) is 8.71. The molecule has 4 rings (SSSR count). The van der Waals surface area contributed by atoms with E-state index in [-0.39, 0.29) is 13.0 Å². The van der Waals surface area contributed by atoms with Crippen LogP contribution < -0.4 is 4.74 Å². The summed E-state index contributed by atoms with van der Waals surface area (Å²) in [6, 6.07) is 15.0. The lowest BCUT2D eigenvalue weighted by atomic mass is 9.93. The Kier molecular flexibility index (Phi) is 5.86. The molecule has 0 radical (unpaired) electrons. The van der Waals surface area contributed by atoms with E-state index in [0.29, 0.717) is 17.9 Å². The monoisotopic (exact) mass is 397 g/mol. The fourth-order valence-corrected chi connectivity index (χ4v) is 3.38. The molecule has 0 bridgehead atoms. The van der Waals surface area contributed by atoms with Gasteiger partial charge in [-0.2, -0.15) is 5.10 Å². The number of benzene rings is 2. The van der Waals surface area contributed by atoms with Crippen LogP contribution in [0.4, 0.5) is 0 Å². The highest BCUT2D eigenvalue weighted by atomic mass is 16.5. The average molecular weight is 397 g/mol. The van der Waals surface area contributed by atoms with Gasteiger partial charge in [-0.05, 0) is 35.4 Å². The van der Waals surface area contributed by atoms with Crippen molar-refractivity contribution in [2.75, 3.05) is 6.61 Å². The summed E-state index contributed by atoms with van der Waals surface area (Å²) in [5.74, 6) is 0.624. The van der Waals surface area contributed by atoms with Gasteiger partial charge < -0.3 is 24.8 Å². The van der Waals surface area contributed by atoms with Crippen molar-refractivity contribution in [3.63, 3.8) is 0 Å². The largest absolute Gasteiger partial charge is 0.489 e. The zero-order valence-electron chi connectivity index (χ0n) is 15.7. The number of ether oxygens (including phenoxy) is 2. The number of rotatable bonds is 6. The van der Waals surface area contributed by atoms with E-state index >= 15 is 0 Å². The molecule has 1 saturated heterocycles. The first-order chi connectivity index (χ1) is 14.1. The molecule has 1 aliphatic rings. The quantitative estimate of drug-likeness (QED) is 0.577. The van der Waals surface area contributed by atoms with Gasteiger partial charge in [-0.25, -0.2) is 9.67 Å². The zero-order chi connectivity index (χ0) is 20.2. The van der Waals surface area contributed by atoms with Gasteiger partial charge in [0, 0.05) is 6.42 Å². The molecule has 2 heterocycles. The molecule has 29 heavy (non-hydrogen) atoms. The van der Waals surface area contributed by atoms with Crippen LogP contribution in [-0.4, -0.2) is 55.0 Å². The summed E-state index contributed by atoms with van der Waals surface area (Å²) in [4.78, 5) is 3.93. The molecule has 0 saturated carbocycles. The third kappa shape index (κ3) is 4.46. The molecule has 2 aromatic carbocycles. The molecule has 4 atom stereocenters. The van der Waals surface area contributed by atoms with Crippen molar-refractivity contribution >= 4 is 0 Å². The number of aliphatic hydroxyl groups excluding tert-OH is 3. The van der Waals surface area contributed by atoms with Crippen molar-refractivity contribution in [1.82, 2.24) is 14.8 Å². The number of hydrogen-bond acceptors (Lipinski definition) is 7. The summed E-state index contributed by atoms with van der Waals surface area (Å²) < 4.78 is 13.3. The van der Waals surface area contributed by atoms with Crippen LogP contribution >= 0.6 is 0 Å². The highest BCUT2D eigenvalue weighted by Crippen LogP contribution is 2.33. The third-order valence-corrected chi connectivity index (χ3v) is 4.96. The Morgan fingerprint density at radius 2 is 1.97 bits per heavy atom. The lowest BCUT2D eigenvalue weighted by Crippen LogP contribution is -2.44. The first-order valence-corrected chi connectivity index (χ1v) is 9.43. The Morgan fingerprint density at radius 3 is 2.69 bits per heavy atom. The standard InChI is InChI=1S/C21H23N3O5/c25-10-18-9-19(26)20(27)21(29-18)15-2-1-3-17(8-15)28-11-14-4-6-16(7-5-14)24-13-22-12-23-24/h1-8,12-13,18-21,25-27H,9-11H2/t18-,19-,20-,21?/m0/s1. The Labute approximate surface area is 168 Å². The first-order valence-electron chi connectivity index (χ1n) is 9.43. The van der Waals surface area contributed by atoms with Crippen LogP contribution in [0.5, 0.6) is 5.75 Å². The van der Waals surface area contributed by atoms with E-state index in [4.69, 9.17) is 9.47 Å². The predicted octanol–water partition coefficient (Wildman–Crippen LogP) is 1.39. The first kappa shape index (κ1) is 19.5. The van der Waals surface area contributed by atoms with E-state index in [9.17, 15) is 15.3 Å². The number of aromatic nitrogens is 3. The van der Waals surface area contributed by atoms with Gasteiger partial charge in [0.25, 0.3) is 0 Å². The second-order valence-corrected chi connectivity index (χ2v) is 7.02. The molecule has 0 amide bonds. The number of aliphatic hydroxyl groups is 3. The molecule has 3 aromatic rings. The maximum absolute atomic E-state index is 10.3. The van der Waals surface area contributed by atoms with Crippen LogP contribution in [0.25, 0.3) is 5.69 Å². The topological polar surface area (TPSA) is 110 Å². The minimum Gasteiger partial charge on any atom is -0.489 e. The van der Waals surface area contributed by atoms with Crippen LogP contribution in [-0.2, 0) is 11.3 Å². The third-order valence-electron chi connectivity index (χ3n) is 4.96. The van der Waals surface area contributed by atoms with Gasteiger partial charge in [0.05, 0.1) is 24.5 Å². The van der Waals surface area contributed by atoms with Crippen molar-refractivity contribution in [3.05, 3.63) is 72.3 Å². The van der Waals surface area contributed by atoms with Gasteiger partial charge in [0.1, 0.15) is 37.2 Å². The van der Waals surface area contributed by atoms with Crippen LogP contribution in [0.15, 0.2) is 61.2 Å². The summed E-state index contributed by atoms with van der Waals surface area (Å²) in [5, 5.41) is 33.8. The fraction of sp³-hybridized carbons (Fsp3) is 0.333. The lowest BCUT2D eigenvalue weighted by Gasteiger charge is -2.36. The van der Waals surface area contributed by atoms with Gasteiger partial charge in [-0.15, -0.1) is 0 Å². The summed E-state index contributed by atoms with van der Waals surface area (Å²) in [5.41, 5.74) is 2.59. The van der Waals surface area contributed by atoms with Crippen LogP contribution in [0, 0.1) is 0 Å². The Hall–Kier alpha value is -2.78. The summed E-state index contributed by atoms with van der Waals surface area (Å²) >= 11 is 0. The molecular formula is C21H23N3O5. The molecule has 3 N–H and O–H groups in total. The average Bonchev–Trinajstić information content (AvgIpc) is 3.29. The predicted molar refractivity (Wildman–Crippen MR) is 103 cm³/mol. The molecule has 1 unspecified atom stereocenters. The van der Waals surface area contributed by atoms with Gasteiger partial charge in [0.15, 0.2) is 0 Å². The normalized spacial score (nSPS) is 24.4. The smallest absolute Gasteiger partial charge is 0.138 e.